The van der Waals surface area contributed by atoms with Gasteiger partial charge in [0.05, 0.1) is 20.0 Å². The van der Waals surface area contributed by atoms with E-state index in [-0.39, 0.29) is 10.5 Å². The normalized spacial score (nSPS) is 11.8. The fraction of sp³-hybridized carbons (Fsp3) is 0.125. The fourth-order valence-electron chi connectivity index (χ4n) is 3.00. The van der Waals surface area contributed by atoms with E-state index in [1.54, 1.807) is 42.5 Å². The van der Waals surface area contributed by atoms with Crippen molar-refractivity contribution < 1.29 is 22.7 Å². The van der Waals surface area contributed by atoms with Crippen molar-refractivity contribution in [3.63, 3.8) is 0 Å². The van der Waals surface area contributed by atoms with Crippen LogP contribution in [0.25, 0.3) is 6.08 Å². The fourth-order valence-corrected chi connectivity index (χ4v) is 4.94. The Morgan fingerprint density at radius 2 is 1.50 bits per heavy atom. The molecule has 0 aliphatic carbocycles. The third kappa shape index (κ3) is 5.71. The highest BCUT2D eigenvalue weighted by atomic mass is 35.5. The number of hydrogen-bond donors (Lipinski definition) is 0. The lowest BCUT2D eigenvalue weighted by Gasteiger charge is -2.12. The minimum Gasteiger partial charge on any atom is -0.497 e. The van der Waals surface area contributed by atoms with Crippen molar-refractivity contribution in [3.05, 3.63) is 98.4 Å². The van der Waals surface area contributed by atoms with Crippen molar-refractivity contribution in [3.8, 4) is 11.5 Å². The summed E-state index contributed by atoms with van der Waals surface area (Å²) in [6, 6.07) is 17.5. The number of rotatable bonds is 8. The first-order chi connectivity index (χ1) is 15.2. The van der Waals surface area contributed by atoms with Gasteiger partial charge in [0.1, 0.15) is 16.4 Å². The molecule has 0 saturated heterocycles. The maximum atomic E-state index is 13.4. The Bertz CT molecular complexity index is 1240. The Hall–Kier alpha value is -2.80. The number of Topliss-reactive ketones (excluding diaryl/α,β-unsaturated/α-hetero) is 1. The molecule has 0 heterocycles. The molecule has 0 aromatic heterocycles. The van der Waals surface area contributed by atoms with Crippen molar-refractivity contribution in [2.45, 2.75) is 5.75 Å². The van der Waals surface area contributed by atoms with Crippen molar-refractivity contribution in [1.29, 1.82) is 0 Å². The summed E-state index contributed by atoms with van der Waals surface area (Å²) in [5, 5.41) is 0.737. The summed E-state index contributed by atoms with van der Waals surface area (Å²) < 4.78 is 37.3. The number of halogens is 2. The number of allylic oxidation sites excluding steroid dienone is 1. The van der Waals surface area contributed by atoms with Crippen LogP contribution in [0, 0.1) is 0 Å². The van der Waals surface area contributed by atoms with Crippen LogP contribution in [0.1, 0.15) is 21.5 Å². The summed E-state index contributed by atoms with van der Waals surface area (Å²) >= 11 is 12.1. The van der Waals surface area contributed by atoms with E-state index >= 15 is 0 Å². The molecule has 3 rings (SSSR count). The van der Waals surface area contributed by atoms with Crippen LogP contribution in [0.3, 0.4) is 0 Å². The van der Waals surface area contributed by atoms with Crippen LogP contribution in [-0.4, -0.2) is 28.4 Å². The van der Waals surface area contributed by atoms with E-state index in [0.717, 1.165) is 0 Å². The van der Waals surface area contributed by atoms with Gasteiger partial charge in [-0.05, 0) is 59.7 Å². The van der Waals surface area contributed by atoms with Crippen LogP contribution in [0.2, 0.25) is 10.0 Å². The Kier molecular flexibility index (Phi) is 7.61. The lowest BCUT2D eigenvalue weighted by Crippen LogP contribution is -2.16. The number of ether oxygens (including phenoxy) is 2. The van der Waals surface area contributed by atoms with Crippen molar-refractivity contribution in [2.75, 3.05) is 14.2 Å². The Morgan fingerprint density at radius 1 is 0.906 bits per heavy atom. The van der Waals surface area contributed by atoms with E-state index in [1.807, 2.05) is 0 Å². The van der Waals surface area contributed by atoms with Crippen LogP contribution >= 0.6 is 23.2 Å². The molecular formula is C24H20Cl2O5S. The number of carbonyl (C=O) groups is 1. The summed E-state index contributed by atoms with van der Waals surface area (Å²) in [5.41, 5.74) is 1.02. The third-order valence-corrected chi connectivity index (χ3v) is 6.93. The molecule has 0 radical (unpaired) electrons. The van der Waals surface area contributed by atoms with Crippen LogP contribution in [0.5, 0.6) is 11.5 Å². The molecule has 0 fully saturated rings. The molecule has 32 heavy (non-hydrogen) atoms. The second-order valence-corrected chi connectivity index (χ2v) is 9.64. The van der Waals surface area contributed by atoms with Gasteiger partial charge in [0.15, 0.2) is 9.84 Å². The van der Waals surface area contributed by atoms with Gasteiger partial charge in [0.25, 0.3) is 0 Å². The molecule has 0 saturated carbocycles. The predicted octanol–water partition coefficient (Wildman–Crippen LogP) is 5.85. The molecule has 0 spiro atoms. The first-order valence-electron chi connectivity index (χ1n) is 9.44. The molecule has 0 aliphatic heterocycles. The quantitative estimate of drug-likeness (QED) is 0.292. The molecule has 8 heteroatoms. The summed E-state index contributed by atoms with van der Waals surface area (Å²) in [5.74, 6) is -0.177. The van der Waals surface area contributed by atoms with Crippen molar-refractivity contribution in [2.24, 2.45) is 0 Å². The van der Waals surface area contributed by atoms with Crippen LogP contribution in [0.15, 0.2) is 71.6 Å². The highest BCUT2D eigenvalue weighted by Gasteiger charge is 2.27. The number of methoxy groups -OCH3 is 2. The predicted molar refractivity (Wildman–Crippen MR) is 127 cm³/mol. The molecule has 0 bridgehead atoms. The monoisotopic (exact) mass is 490 g/mol. The van der Waals surface area contributed by atoms with Gasteiger partial charge >= 0.3 is 0 Å². The van der Waals surface area contributed by atoms with Crippen LogP contribution in [-0.2, 0) is 15.6 Å². The number of benzene rings is 3. The zero-order chi connectivity index (χ0) is 23.3. The maximum Gasteiger partial charge on any atom is 0.204 e. The third-order valence-electron chi connectivity index (χ3n) is 4.64. The van der Waals surface area contributed by atoms with Crippen molar-refractivity contribution in [1.82, 2.24) is 0 Å². The second-order valence-electron chi connectivity index (χ2n) is 6.84. The highest BCUT2D eigenvalue weighted by Crippen LogP contribution is 2.29. The number of hydrogen-bond acceptors (Lipinski definition) is 5. The smallest absolute Gasteiger partial charge is 0.204 e. The summed E-state index contributed by atoms with van der Waals surface area (Å²) in [7, 11) is -1.12. The molecule has 3 aromatic carbocycles. The zero-order valence-corrected chi connectivity index (χ0v) is 19.7. The van der Waals surface area contributed by atoms with Gasteiger partial charge in [-0.25, -0.2) is 8.42 Å². The molecular weight excluding hydrogens is 471 g/mol. The molecule has 0 N–H and O–H groups in total. The largest absolute Gasteiger partial charge is 0.497 e. The average Bonchev–Trinajstić information content (AvgIpc) is 2.78. The van der Waals surface area contributed by atoms with Gasteiger partial charge in [-0.2, -0.15) is 0 Å². The van der Waals surface area contributed by atoms with Gasteiger partial charge < -0.3 is 9.47 Å². The first-order valence-corrected chi connectivity index (χ1v) is 11.9. The van der Waals surface area contributed by atoms with E-state index in [1.165, 1.54) is 44.6 Å². The van der Waals surface area contributed by atoms with Crippen molar-refractivity contribution >= 4 is 44.9 Å². The number of ketones is 1. The average molecular weight is 491 g/mol. The second kappa shape index (κ2) is 10.2. The van der Waals surface area contributed by atoms with E-state index in [0.29, 0.717) is 32.7 Å². The molecule has 5 nitrogen and oxygen atoms in total. The summed E-state index contributed by atoms with van der Waals surface area (Å²) in [6.07, 6.45) is 1.31. The molecule has 0 amide bonds. The summed E-state index contributed by atoms with van der Waals surface area (Å²) in [6.45, 7) is 0. The number of carbonyl (C=O) groups excluding carboxylic acids is 1. The van der Waals surface area contributed by atoms with Crippen LogP contribution in [0.4, 0.5) is 0 Å². The standard InChI is InChI=1S/C24H20Cl2O5S/c1-30-20-11-16(12-21(14-20)31-2)13-23(24(27)17-7-9-19(25)10-8-17)32(28,29)15-18-5-3-4-6-22(18)26/h3-14H,15H2,1-2H3/b23-13+. The lowest BCUT2D eigenvalue weighted by molar-refractivity contribution is 0.104. The molecule has 3 aromatic rings. The van der Waals surface area contributed by atoms with Gasteiger partial charge in [0.2, 0.25) is 5.78 Å². The minimum absolute atomic E-state index is 0.193. The Labute approximate surface area is 197 Å². The summed E-state index contributed by atoms with van der Waals surface area (Å²) in [4.78, 5) is 12.9. The van der Waals surface area contributed by atoms with E-state index in [2.05, 4.69) is 0 Å². The Morgan fingerprint density at radius 3 is 2.06 bits per heavy atom. The SMILES string of the molecule is COc1cc(/C=C(\C(=O)c2ccc(Cl)cc2)S(=O)(=O)Cc2ccccc2Cl)cc(OC)c1. The highest BCUT2D eigenvalue weighted by molar-refractivity contribution is 7.95. The molecule has 0 unspecified atom stereocenters. The Balaban J connectivity index is 2.15. The van der Waals surface area contributed by atoms with Gasteiger partial charge in [-0.1, -0.05) is 41.4 Å². The number of sulfone groups is 1. The minimum atomic E-state index is -4.08. The molecule has 0 aliphatic rings. The van der Waals surface area contributed by atoms with Gasteiger partial charge in [0, 0.05) is 21.7 Å². The molecule has 166 valence electrons. The molecule has 0 atom stereocenters. The van der Waals surface area contributed by atoms with Gasteiger partial charge in [-0.3, -0.25) is 4.79 Å². The topological polar surface area (TPSA) is 69.7 Å². The van der Waals surface area contributed by atoms with E-state index in [4.69, 9.17) is 32.7 Å². The first kappa shape index (κ1) is 23.9. The van der Waals surface area contributed by atoms with Crippen LogP contribution < -0.4 is 9.47 Å². The lowest BCUT2D eigenvalue weighted by atomic mass is 10.1. The van der Waals surface area contributed by atoms with E-state index in [9.17, 15) is 13.2 Å². The maximum absolute atomic E-state index is 13.4. The van der Waals surface area contributed by atoms with Gasteiger partial charge in [-0.15, -0.1) is 0 Å². The zero-order valence-electron chi connectivity index (χ0n) is 17.3. The van der Waals surface area contributed by atoms with E-state index < -0.39 is 21.4 Å².